The summed E-state index contributed by atoms with van der Waals surface area (Å²) in [6.45, 7) is 7.98. The van der Waals surface area contributed by atoms with Crippen LogP contribution in [0.2, 0.25) is 0 Å². The molecule has 0 atom stereocenters. The number of halogens is 1. The topological polar surface area (TPSA) is 92.7 Å². The fraction of sp³-hybridized carbons (Fsp3) is 0.286. The van der Waals surface area contributed by atoms with Crippen LogP contribution in [0.3, 0.4) is 0 Å². The number of anilines is 1. The summed E-state index contributed by atoms with van der Waals surface area (Å²) in [7, 11) is 0. The Kier molecular flexibility index (Phi) is 5.29. The van der Waals surface area contributed by atoms with Crippen LogP contribution in [0.5, 0.6) is 0 Å². The monoisotopic (exact) mass is 424 g/mol. The molecule has 0 aliphatic rings. The maximum absolute atomic E-state index is 14.1. The van der Waals surface area contributed by atoms with Gasteiger partial charge in [0.2, 0.25) is 0 Å². The summed E-state index contributed by atoms with van der Waals surface area (Å²) >= 11 is 1.48. The predicted molar refractivity (Wildman–Crippen MR) is 116 cm³/mol. The van der Waals surface area contributed by atoms with Gasteiger partial charge in [-0.15, -0.1) is 16.4 Å². The van der Waals surface area contributed by atoms with E-state index in [0.29, 0.717) is 12.4 Å². The first-order valence-corrected chi connectivity index (χ1v) is 10.4. The lowest BCUT2D eigenvalue weighted by atomic mass is 10.1. The van der Waals surface area contributed by atoms with E-state index in [1.165, 1.54) is 23.7 Å². The number of fused-ring (bicyclic) bond motifs is 3. The molecule has 0 radical (unpaired) electrons. The van der Waals surface area contributed by atoms with Crippen molar-refractivity contribution in [2.45, 2.75) is 40.3 Å². The third-order valence-electron chi connectivity index (χ3n) is 4.82. The van der Waals surface area contributed by atoms with Gasteiger partial charge in [-0.2, -0.15) is 5.10 Å². The minimum Gasteiger partial charge on any atom is -0.365 e. The van der Waals surface area contributed by atoms with Crippen molar-refractivity contribution in [1.82, 2.24) is 25.5 Å². The van der Waals surface area contributed by atoms with Crippen LogP contribution in [0.4, 0.5) is 10.2 Å². The van der Waals surface area contributed by atoms with Gasteiger partial charge in [-0.05, 0) is 51.0 Å². The summed E-state index contributed by atoms with van der Waals surface area (Å²) in [6.07, 6.45) is 1.51. The van der Waals surface area contributed by atoms with Gasteiger partial charge in [-0.25, -0.2) is 14.4 Å². The van der Waals surface area contributed by atoms with E-state index < -0.39 is 11.7 Å². The molecule has 30 heavy (non-hydrogen) atoms. The van der Waals surface area contributed by atoms with Crippen molar-refractivity contribution in [2.75, 3.05) is 5.32 Å². The van der Waals surface area contributed by atoms with Crippen LogP contribution in [0.15, 0.2) is 24.5 Å². The minimum absolute atomic E-state index is 0.0269. The quantitative estimate of drug-likeness (QED) is 0.500. The summed E-state index contributed by atoms with van der Waals surface area (Å²) in [5.74, 6) is -0.310. The molecule has 2 N–H and O–H groups in total. The Bertz CT molecular complexity index is 1270. The fourth-order valence-electron chi connectivity index (χ4n) is 3.19. The Balaban J connectivity index is 1.64. The molecule has 0 spiro atoms. The third kappa shape index (κ3) is 3.68. The lowest BCUT2D eigenvalue weighted by molar-refractivity contribution is 0.0939. The molecule has 3 heterocycles. The second kappa shape index (κ2) is 7.91. The van der Waals surface area contributed by atoms with Gasteiger partial charge >= 0.3 is 0 Å². The van der Waals surface area contributed by atoms with E-state index in [1.807, 2.05) is 27.7 Å². The van der Waals surface area contributed by atoms with E-state index in [2.05, 4.69) is 30.8 Å². The van der Waals surface area contributed by atoms with Gasteiger partial charge in [-0.1, -0.05) is 6.07 Å². The van der Waals surface area contributed by atoms with Crippen molar-refractivity contribution < 1.29 is 9.18 Å². The largest absolute Gasteiger partial charge is 0.365 e. The van der Waals surface area contributed by atoms with Crippen LogP contribution in [-0.2, 0) is 6.54 Å². The smallest absolute Gasteiger partial charge is 0.254 e. The molecular weight excluding hydrogens is 403 g/mol. The Hall–Kier alpha value is -3.20. The highest BCUT2D eigenvalue weighted by Crippen LogP contribution is 2.36. The number of benzene rings is 1. The number of nitrogens with one attached hydrogen (secondary N) is 2. The van der Waals surface area contributed by atoms with E-state index in [0.717, 1.165) is 37.3 Å². The van der Waals surface area contributed by atoms with Crippen molar-refractivity contribution in [3.05, 3.63) is 52.7 Å². The van der Waals surface area contributed by atoms with Crippen molar-refractivity contribution in [3.8, 4) is 0 Å². The van der Waals surface area contributed by atoms with E-state index >= 15 is 0 Å². The van der Waals surface area contributed by atoms with Gasteiger partial charge in [0.1, 0.15) is 22.8 Å². The molecule has 154 valence electrons. The second-order valence-corrected chi connectivity index (χ2v) is 8.39. The Morgan fingerprint density at radius 2 is 2.00 bits per heavy atom. The molecule has 0 unspecified atom stereocenters. The van der Waals surface area contributed by atoms with Crippen LogP contribution in [0, 0.1) is 19.7 Å². The fourth-order valence-corrected chi connectivity index (χ4v) is 4.29. The molecule has 0 saturated carbocycles. The van der Waals surface area contributed by atoms with Gasteiger partial charge in [0.15, 0.2) is 0 Å². The van der Waals surface area contributed by atoms with Crippen molar-refractivity contribution in [3.63, 3.8) is 0 Å². The number of aryl methyl sites for hydroxylation is 2. The van der Waals surface area contributed by atoms with Crippen LogP contribution in [-0.4, -0.2) is 32.1 Å². The molecule has 0 aliphatic heterocycles. The number of nitrogens with zero attached hydrogens (tertiary/aromatic N) is 4. The van der Waals surface area contributed by atoms with Gasteiger partial charge < -0.3 is 10.6 Å². The number of amides is 1. The molecule has 4 rings (SSSR count). The van der Waals surface area contributed by atoms with E-state index in [-0.39, 0.29) is 11.6 Å². The van der Waals surface area contributed by atoms with Crippen LogP contribution < -0.4 is 10.6 Å². The number of rotatable bonds is 5. The highest BCUT2D eigenvalue weighted by atomic mass is 32.1. The van der Waals surface area contributed by atoms with Gasteiger partial charge in [0.25, 0.3) is 5.91 Å². The third-order valence-corrected chi connectivity index (χ3v) is 5.89. The molecule has 3 aromatic heterocycles. The number of carbonyl (C=O) groups excluding carboxylic acids is 1. The molecule has 7 nitrogen and oxygen atoms in total. The normalized spacial score (nSPS) is 11.4. The Labute approximate surface area is 176 Å². The number of carbonyl (C=O) groups is 1. The zero-order valence-corrected chi connectivity index (χ0v) is 17.9. The van der Waals surface area contributed by atoms with E-state index in [4.69, 9.17) is 0 Å². The number of aromatic nitrogens is 4. The van der Waals surface area contributed by atoms with Crippen molar-refractivity contribution in [2.24, 2.45) is 0 Å². The molecule has 0 saturated heterocycles. The summed E-state index contributed by atoms with van der Waals surface area (Å²) in [5.41, 5.74) is 3.55. The Morgan fingerprint density at radius 1 is 1.20 bits per heavy atom. The molecular formula is C21H21FN6OS. The lowest BCUT2D eigenvalue weighted by Crippen LogP contribution is -2.30. The first-order valence-electron chi connectivity index (χ1n) is 9.55. The summed E-state index contributed by atoms with van der Waals surface area (Å²) in [4.78, 5) is 21.9. The molecule has 0 aliphatic carbocycles. The zero-order valence-electron chi connectivity index (χ0n) is 17.1. The van der Waals surface area contributed by atoms with E-state index in [1.54, 1.807) is 12.1 Å². The van der Waals surface area contributed by atoms with Crippen molar-refractivity contribution >= 4 is 43.5 Å². The van der Waals surface area contributed by atoms with Crippen LogP contribution in [0.25, 0.3) is 20.4 Å². The number of thiophene rings is 1. The second-order valence-electron chi connectivity index (χ2n) is 7.39. The van der Waals surface area contributed by atoms with Crippen LogP contribution in [0.1, 0.15) is 41.0 Å². The average molecular weight is 425 g/mol. The summed E-state index contributed by atoms with van der Waals surface area (Å²) in [5, 5.41) is 15.5. The first kappa shape index (κ1) is 20.1. The molecule has 0 bridgehead atoms. The first-order chi connectivity index (χ1) is 14.3. The minimum atomic E-state index is -0.546. The molecule has 1 aromatic carbocycles. The molecule has 4 aromatic rings. The summed E-state index contributed by atoms with van der Waals surface area (Å²) in [6, 6.07) is 4.44. The summed E-state index contributed by atoms with van der Waals surface area (Å²) < 4.78 is 15.0. The highest BCUT2D eigenvalue weighted by Gasteiger charge is 2.17. The maximum Gasteiger partial charge on any atom is 0.254 e. The SMILES string of the molecule is Cc1nnc2sc3c(NCc4ccc(F)c(C(=O)NC(C)C)c4)ncnc3c2c1C. The van der Waals surface area contributed by atoms with Crippen LogP contribution >= 0.6 is 11.3 Å². The standard InChI is InChI=1S/C21H21FN6OS/c1-10(2)26-20(29)14-7-13(5-6-15(14)22)8-23-19-18-17(24-9-25-19)16-11(3)12(4)27-28-21(16)30-18/h5-7,9-10H,8H2,1-4H3,(H,26,29)(H,23,24,25). The van der Waals surface area contributed by atoms with Gasteiger partial charge in [-0.3, -0.25) is 4.79 Å². The number of hydrogen-bond acceptors (Lipinski definition) is 7. The van der Waals surface area contributed by atoms with Gasteiger partial charge in [0, 0.05) is 18.0 Å². The number of hydrogen-bond donors (Lipinski definition) is 2. The van der Waals surface area contributed by atoms with E-state index in [9.17, 15) is 9.18 Å². The zero-order chi connectivity index (χ0) is 21.4. The molecule has 0 fully saturated rings. The average Bonchev–Trinajstić information content (AvgIpc) is 3.09. The lowest BCUT2D eigenvalue weighted by Gasteiger charge is -2.11. The van der Waals surface area contributed by atoms with Gasteiger partial charge in [0.05, 0.1) is 21.5 Å². The predicted octanol–water partition coefficient (Wildman–Crippen LogP) is 4.14. The Morgan fingerprint density at radius 3 is 2.77 bits per heavy atom. The molecule has 1 amide bonds. The maximum atomic E-state index is 14.1. The highest BCUT2D eigenvalue weighted by molar-refractivity contribution is 7.25. The molecule has 9 heteroatoms. The van der Waals surface area contributed by atoms with Crippen molar-refractivity contribution in [1.29, 1.82) is 0 Å².